The first-order valence-electron chi connectivity index (χ1n) is 15.5. The van der Waals surface area contributed by atoms with Gasteiger partial charge in [-0.15, -0.1) is 0 Å². The topological polar surface area (TPSA) is 247 Å². The summed E-state index contributed by atoms with van der Waals surface area (Å²) >= 11 is 0. The van der Waals surface area contributed by atoms with E-state index in [2.05, 4.69) is 30.9 Å². The van der Waals surface area contributed by atoms with Gasteiger partial charge in [0.15, 0.2) is 5.96 Å². The van der Waals surface area contributed by atoms with Crippen LogP contribution in [0, 0.1) is 5.92 Å². The standard InChI is InChI=1S/C33H43N9O5/c1-18(2)28(42-29(43)23(34)10-7-13-37-33(35)36)31(45)40-26(14-19-16-38-24-11-5-3-8-21(19)24)30(44)41-27(32(46)47)15-20-17-39-25-12-6-4-9-22(20)25/h3-6,8-9,11-12,16-18,23,26-28,38-39H,7,10,13-15,34H2,1-2H3,(H,40,45)(H,41,44)(H,42,43)(H,46,47)(H4,35,36,37). The third kappa shape index (κ3) is 9.10. The van der Waals surface area contributed by atoms with Gasteiger partial charge < -0.3 is 48.2 Å². The number of guanidine groups is 1. The molecule has 250 valence electrons. The van der Waals surface area contributed by atoms with E-state index < -0.39 is 47.9 Å². The van der Waals surface area contributed by atoms with Gasteiger partial charge in [-0.1, -0.05) is 50.2 Å². The molecule has 47 heavy (non-hydrogen) atoms. The Kier molecular flexibility index (Phi) is 11.6. The zero-order chi connectivity index (χ0) is 34.1. The number of hydrogen-bond acceptors (Lipinski definition) is 6. The first kappa shape index (κ1) is 34.5. The average molecular weight is 646 g/mol. The van der Waals surface area contributed by atoms with Crippen LogP contribution in [0.3, 0.4) is 0 Å². The molecule has 0 saturated heterocycles. The number of aromatic amines is 2. The fraction of sp³-hybridized carbons (Fsp3) is 0.364. The largest absolute Gasteiger partial charge is 0.480 e. The zero-order valence-corrected chi connectivity index (χ0v) is 26.5. The molecule has 0 radical (unpaired) electrons. The Morgan fingerprint density at radius 3 is 1.85 bits per heavy atom. The second-order valence-electron chi connectivity index (χ2n) is 11.9. The number of aliphatic carboxylic acids is 1. The normalized spacial score (nSPS) is 13.9. The maximum atomic E-state index is 13.8. The molecule has 4 unspecified atom stereocenters. The van der Waals surface area contributed by atoms with Gasteiger partial charge in [0.1, 0.15) is 18.1 Å². The smallest absolute Gasteiger partial charge is 0.326 e. The highest BCUT2D eigenvalue weighted by atomic mass is 16.4. The third-order valence-corrected chi connectivity index (χ3v) is 8.00. The highest BCUT2D eigenvalue weighted by Crippen LogP contribution is 2.21. The lowest BCUT2D eigenvalue weighted by Gasteiger charge is -2.27. The molecule has 4 atom stereocenters. The van der Waals surface area contributed by atoms with Crippen LogP contribution in [0.4, 0.5) is 0 Å². The number of nitrogens with one attached hydrogen (secondary N) is 5. The Bertz CT molecular complexity index is 1740. The Balaban J connectivity index is 1.53. The molecule has 0 aliphatic carbocycles. The molecule has 4 aromatic rings. The van der Waals surface area contributed by atoms with E-state index in [1.807, 2.05) is 48.5 Å². The van der Waals surface area contributed by atoms with Crippen molar-refractivity contribution in [3.63, 3.8) is 0 Å². The first-order chi connectivity index (χ1) is 22.4. The van der Waals surface area contributed by atoms with E-state index in [0.29, 0.717) is 13.0 Å². The van der Waals surface area contributed by atoms with Crippen molar-refractivity contribution in [2.24, 2.45) is 28.1 Å². The van der Waals surface area contributed by atoms with Crippen LogP contribution in [0.5, 0.6) is 0 Å². The van der Waals surface area contributed by atoms with Crippen molar-refractivity contribution in [1.82, 2.24) is 25.9 Å². The minimum atomic E-state index is -1.28. The number of carboxylic acid groups (broad SMARTS) is 1. The number of rotatable bonds is 16. The quantitative estimate of drug-likeness (QED) is 0.0482. The lowest BCUT2D eigenvalue weighted by atomic mass is 9.99. The van der Waals surface area contributed by atoms with Crippen LogP contribution in [-0.2, 0) is 32.0 Å². The summed E-state index contributed by atoms with van der Waals surface area (Å²) in [6, 6.07) is 10.6. The van der Waals surface area contributed by atoms with E-state index in [0.717, 1.165) is 32.9 Å². The fourth-order valence-electron chi connectivity index (χ4n) is 5.43. The summed E-state index contributed by atoms with van der Waals surface area (Å²) in [6.45, 7) is 3.82. The predicted molar refractivity (Wildman–Crippen MR) is 180 cm³/mol. The van der Waals surface area contributed by atoms with Crippen molar-refractivity contribution < 1.29 is 24.3 Å². The molecule has 14 heteroatoms. The number of benzene rings is 2. The van der Waals surface area contributed by atoms with Crippen molar-refractivity contribution in [2.75, 3.05) is 6.54 Å². The lowest BCUT2D eigenvalue weighted by Crippen LogP contribution is -2.59. The monoisotopic (exact) mass is 645 g/mol. The SMILES string of the molecule is CC(C)C(NC(=O)C(N)CCCN=C(N)N)C(=O)NC(Cc1c[nH]c2ccccc12)C(=O)NC(Cc1c[nH]c2ccccc12)C(=O)O. The molecule has 0 spiro atoms. The van der Waals surface area contributed by atoms with Gasteiger partial charge in [0, 0.05) is 53.6 Å². The Hall–Kier alpha value is -5.37. The molecule has 3 amide bonds. The van der Waals surface area contributed by atoms with Crippen molar-refractivity contribution in [3.8, 4) is 0 Å². The summed E-state index contributed by atoms with van der Waals surface area (Å²) in [5.41, 5.74) is 19.9. The van der Waals surface area contributed by atoms with E-state index in [4.69, 9.17) is 17.2 Å². The number of nitrogens with two attached hydrogens (primary N) is 3. The molecule has 0 bridgehead atoms. The molecule has 0 aliphatic heterocycles. The van der Waals surface area contributed by atoms with Crippen molar-refractivity contribution in [1.29, 1.82) is 0 Å². The van der Waals surface area contributed by atoms with Crippen LogP contribution >= 0.6 is 0 Å². The molecule has 14 nitrogen and oxygen atoms in total. The third-order valence-electron chi connectivity index (χ3n) is 8.00. The van der Waals surface area contributed by atoms with E-state index in [9.17, 15) is 24.3 Å². The number of H-pyrrole nitrogens is 2. The van der Waals surface area contributed by atoms with E-state index in [-0.39, 0.29) is 31.1 Å². The van der Waals surface area contributed by atoms with Gasteiger partial charge in [-0.05, 0) is 42.0 Å². The van der Waals surface area contributed by atoms with Crippen LogP contribution in [0.2, 0.25) is 0 Å². The minimum absolute atomic E-state index is 0.0184. The molecular formula is C33H43N9O5. The maximum Gasteiger partial charge on any atom is 0.326 e. The Morgan fingerprint density at radius 1 is 0.787 bits per heavy atom. The fourth-order valence-corrected chi connectivity index (χ4v) is 5.43. The molecule has 0 aliphatic rings. The summed E-state index contributed by atoms with van der Waals surface area (Å²) in [5.74, 6) is -3.46. The molecule has 2 aromatic carbocycles. The van der Waals surface area contributed by atoms with Crippen LogP contribution < -0.4 is 33.2 Å². The first-order valence-corrected chi connectivity index (χ1v) is 15.5. The second-order valence-corrected chi connectivity index (χ2v) is 11.9. The zero-order valence-electron chi connectivity index (χ0n) is 26.5. The van der Waals surface area contributed by atoms with E-state index in [1.54, 1.807) is 26.2 Å². The Morgan fingerprint density at radius 2 is 1.32 bits per heavy atom. The number of amides is 3. The van der Waals surface area contributed by atoms with Crippen LogP contribution in [0.15, 0.2) is 65.9 Å². The highest BCUT2D eigenvalue weighted by Gasteiger charge is 2.32. The summed E-state index contributed by atoms with van der Waals surface area (Å²) < 4.78 is 0. The van der Waals surface area contributed by atoms with Gasteiger partial charge in [-0.3, -0.25) is 19.4 Å². The molecule has 12 N–H and O–H groups in total. The number of nitrogens with zero attached hydrogens (tertiary/aromatic N) is 1. The highest BCUT2D eigenvalue weighted by molar-refractivity contribution is 5.95. The van der Waals surface area contributed by atoms with Crippen molar-refractivity contribution >= 4 is 51.5 Å². The number of hydrogen-bond donors (Lipinski definition) is 9. The Labute approximate surface area is 271 Å². The van der Waals surface area contributed by atoms with Crippen LogP contribution in [0.1, 0.15) is 37.8 Å². The van der Waals surface area contributed by atoms with Gasteiger partial charge in [0.2, 0.25) is 17.7 Å². The molecule has 0 saturated carbocycles. The maximum absolute atomic E-state index is 13.8. The molecule has 2 aromatic heterocycles. The van der Waals surface area contributed by atoms with Gasteiger partial charge in [0.05, 0.1) is 6.04 Å². The van der Waals surface area contributed by atoms with Gasteiger partial charge in [0.25, 0.3) is 0 Å². The summed E-state index contributed by atoms with van der Waals surface area (Å²) in [7, 11) is 0. The molecule has 4 rings (SSSR count). The molecular weight excluding hydrogens is 602 g/mol. The summed E-state index contributed by atoms with van der Waals surface area (Å²) in [5, 5.41) is 19.9. The lowest BCUT2D eigenvalue weighted by molar-refractivity contribution is -0.142. The number of carbonyl (C=O) groups is 4. The van der Waals surface area contributed by atoms with Crippen LogP contribution in [0.25, 0.3) is 21.8 Å². The number of carbonyl (C=O) groups excluding carboxylic acids is 3. The number of aliphatic imine (C=N–C) groups is 1. The number of fused-ring (bicyclic) bond motifs is 2. The van der Waals surface area contributed by atoms with E-state index >= 15 is 0 Å². The van der Waals surface area contributed by atoms with Crippen LogP contribution in [-0.4, -0.2) is 75.4 Å². The minimum Gasteiger partial charge on any atom is -0.480 e. The van der Waals surface area contributed by atoms with Crippen molar-refractivity contribution in [3.05, 3.63) is 72.1 Å². The summed E-state index contributed by atoms with van der Waals surface area (Å²) in [4.78, 5) is 62.9. The van der Waals surface area contributed by atoms with Gasteiger partial charge in [-0.25, -0.2) is 4.79 Å². The molecule has 0 fully saturated rings. The number of para-hydroxylation sites is 2. The van der Waals surface area contributed by atoms with Crippen molar-refractivity contribution in [2.45, 2.75) is 63.7 Å². The number of carboxylic acids is 1. The molecule has 2 heterocycles. The average Bonchev–Trinajstić information content (AvgIpc) is 3.64. The van der Waals surface area contributed by atoms with Gasteiger partial charge in [-0.2, -0.15) is 0 Å². The number of aromatic nitrogens is 2. The van der Waals surface area contributed by atoms with Gasteiger partial charge >= 0.3 is 5.97 Å². The van der Waals surface area contributed by atoms with E-state index in [1.165, 1.54) is 0 Å². The second kappa shape index (κ2) is 15.8. The summed E-state index contributed by atoms with van der Waals surface area (Å²) in [6.07, 6.45) is 4.30. The predicted octanol–water partition coefficient (Wildman–Crippen LogP) is 1.01.